The van der Waals surface area contributed by atoms with Gasteiger partial charge in [-0.05, 0) is 23.8 Å². The van der Waals surface area contributed by atoms with E-state index in [-0.39, 0.29) is 4.32 Å². The Hall–Kier alpha value is -2.06. The fourth-order valence-electron chi connectivity index (χ4n) is 2.07. The number of nitrogens with zero attached hydrogens (tertiary/aromatic N) is 1. The van der Waals surface area contributed by atoms with Crippen LogP contribution in [0.3, 0.4) is 0 Å². The Balaban J connectivity index is 1.85. The highest BCUT2D eigenvalue weighted by Crippen LogP contribution is 2.35. The number of carboxylic acid groups (broad SMARTS) is 1. The molecule has 1 saturated heterocycles. The molecule has 114 valence electrons. The van der Waals surface area contributed by atoms with Crippen LogP contribution in [0.15, 0.2) is 23.1 Å². The van der Waals surface area contributed by atoms with Gasteiger partial charge in [0.2, 0.25) is 0 Å². The van der Waals surface area contributed by atoms with Crippen molar-refractivity contribution in [2.45, 2.75) is 0 Å². The van der Waals surface area contributed by atoms with Crippen molar-refractivity contribution in [2.24, 2.45) is 0 Å². The number of carbonyl (C=O) groups excluding carboxylic acids is 2. The smallest absolute Gasteiger partial charge is 0.266 e. The number of fused-ring (bicyclic) bond motifs is 1. The lowest BCUT2D eigenvalue weighted by atomic mass is 10.1. The van der Waals surface area contributed by atoms with E-state index in [4.69, 9.17) is 21.7 Å². The third-order valence-electron chi connectivity index (χ3n) is 3.02. The zero-order valence-electron chi connectivity index (χ0n) is 11.2. The lowest BCUT2D eigenvalue weighted by Crippen LogP contribution is -2.40. The maximum absolute atomic E-state index is 12.1. The minimum Gasteiger partial charge on any atom is -0.548 e. The Kier molecular flexibility index (Phi) is 4.04. The summed E-state index contributed by atoms with van der Waals surface area (Å²) in [5.41, 5.74) is 0.748. The van der Waals surface area contributed by atoms with Gasteiger partial charge in [0.25, 0.3) is 5.91 Å². The zero-order chi connectivity index (χ0) is 15.7. The molecule has 2 aliphatic rings. The molecule has 0 bridgehead atoms. The fraction of sp³-hybridized carbons (Fsp3) is 0.214. The van der Waals surface area contributed by atoms with Crippen molar-refractivity contribution < 1.29 is 24.2 Å². The maximum atomic E-state index is 12.1. The summed E-state index contributed by atoms with van der Waals surface area (Å²) >= 11 is 6.08. The van der Waals surface area contributed by atoms with Crippen LogP contribution in [-0.2, 0) is 9.59 Å². The molecule has 0 N–H and O–H groups in total. The number of thioether (sulfide) groups is 1. The molecule has 0 aliphatic carbocycles. The lowest BCUT2D eigenvalue weighted by molar-refractivity contribution is -0.305. The molecule has 0 unspecified atom stereocenters. The summed E-state index contributed by atoms with van der Waals surface area (Å²) in [6.07, 6.45) is 1.65. The van der Waals surface area contributed by atoms with Crippen LogP contribution in [0, 0.1) is 0 Å². The standard InChI is InChI=1S/C14H11NO5S2/c16-12(17)7-15-13(18)11(22-14(15)21)6-8-1-2-9-10(5-8)20-4-3-19-9/h1-2,5-6H,3-4,7H2,(H,16,17)/p-1/b11-6-. The highest BCUT2D eigenvalue weighted by Gasteiger charge is 2.31. The monoisotopic (exact) mass is 336 g/mol. The number of ether oxygens (including phenoxy) is 2. The number of aliphatic carboxylic acids is 1. The molecule has 0 aromatic heterocycles. The predicted molar refractivity (Wildman–Crippen MR) is 82.3 cm³/mol. The molecule has 1 fully saturated rings. The highest BCUT2D eigenvalue weighted by molar-refractivity contribution is 8.26. The van der Waals surface area contributed by atoms with Gasteiger partial charge in [-0.25, -0.2) is 0 Å². The average molecular weight is 336 g/mol. The number of rotatable bonds is 3. The summed E-state index contributed by atoms with van der Waals surface area (Å²) < 4.78 is 11.1. The summed E-state index contributed by atoms with van der Waals surface area (Å²) in [6, 6.07) is 5.32. The SMILES string of the molecule is O=C([O-])CN1C(=O)/C(=C/c2ccc3c(c2)OCCO3)SC1=S. The normalized spacial score (nSPS) is 18.9. The van der Waals surface area contributed by atoms with E-state index < -0.39 is 18.4 Å². The van der Waals surface area contributed by atoms with Crippen molar-refractivity contribution >= 4 is 46.3 Å². The van der Waals surface area contributed by atoms with Crippen LogP contribution in [-0.4, -0.2) is 40.9 Å². The molecule has 0 spiro atoms. The average Bonchev–Trinajstić information content (AvgIpc) is 2.74. The molecule has 2 heterocycles. The van der Waals surface area contributed by atoms with Crippen molar-refractivity contribution in [1.29, 1.82) is 0 Å². The summed E-state index contributed by atoms with van der Waals surface area (Å²) in [7, 11) is 0. The highest BCUT2D eigenvalue weighted by atomic mass is 32.2. The minimum absolute atomic E-state index is 0.206. The molecular weight excluding hydrogens is 326 g/mol. The molecule has 1 aromatic rings. The van der Waals surface area contributed by atoms with Gasteiger partial charge in [-0.1, -0.05) is 30.0 Å². The van der Waals surface area contributed by atoms with Gasteiger partial charge >= 0.3 is 0 Å². The van der Waals surface area contributed by atoms with Crippen LogP contribution < -0.4 is 14.6 Å². The van der Waals surface area contributed by atoms with Gasteiger partial charge in [0.05, 0.1) is 17.4 Å². The number of thiocarbonyl (C=S) groups is 1. The van der Waals surface area contributed by atoms with Crippen LogP contribution in [0.5, 0.6) is 11.5 Å². The Morgan fingerprint density at radius 2 is 2.09 bits per heavy atom. The quantitative estimate of drug-likeness (QED) is 0.584. The van der Waals surface area contributed by atoms with Crippen molar-refractivity contribution in [1.82, 2.24) is 4.90 Å². The second kappa shape index (κ2) is 5.98. The van der Waals surface area contributed by atoms with Crippen LogP contribution in [0.2, 0.25) is 0 Å². The third kappa shape index (κ3) is 2.93. The number of carboxylic acids is 1. The molecule has 1 aromatic carbocycles. The summed E-state index contributed by atoms with van der Waals surface area (Å²) in [6.45, 7) is 0.446. The van der Waals surface area contributed by atoms with E-state index in [0.717, 1.165) is 22.2 Å². The number of hydrogen-bond acceptors (Lipinski definition) is 7. The van der Waals surface area contributed by atoms with Crippen molar-refractivity contribution in [3.8, 4) is 11.5 Å². The summed E-state index contributed by atoms with van der Waals surface area (Å²) in [5.74, 6) is -0.510. The minimum atomic E-state index is -1.35. The largest absolute Gasteiger partial charge is 0.548 e. The van der Waals surface area contributed by atoms with Crippen LogP contribution >= 0.6 is 24.0 Å². The van der Waals surface area contributed by atoms with Crippen molar-refractivity contribution in [3.05, 3.63) is 28.7 Å². The summed E-state index contributed by atoms with van der Waals surface area (Å²) in [5, 5.41) is 10.6. The molecule has 2 aliphatic heterocycles. The van der Waals surface area contributed by atoms with E-state index in [0.29, 0.717) is 29.6 Å². The van der Waals surface area contributed by atoms with Gasteiger partial charge < -0.3 is 19.4 Å². The van der Waals surface area contributed by atoms with Crippen LogP contribution in [0.4, 0.5) is 0 Å². The third-order valence-corrected chi connectivity index (χ3v) is 4.40. The van der Waals surface area contributed by atoms with Gasteiger partial charge in [-0.2, -0.15) is 0 Å². The number of amides is 1. The van der Waals surface area contributed by atoms with E-state index in [2.05, 4.69) is 0 Å². The van der Waals surface area contributed by atoms with E-state index in [1.165, 1.54) is 0 Å². The van der Waals surface area contributed by atoms with E-state index in [1.54, 1.807) is 24.3 Å². The van der Waals surface area contributed by atoms with Crippen LogP contribution in [0.1, 0.15) is 5.56 Å². The first-order chi connectivity index (χ1) is 10.5. The molecule has 22 heavy (non-hydrogen) atoms. The predicted octanol–water partition coefficient (Wildman–Crippen LogP) is 0.409. The molecule has 0 radical (unpaired) electrons. The molecule has 1 amide bonds. The van der Waals surface area contributed by atoms with Gasteiger partial charge in [0, 0.05) is 0 Å². The Labute approximate surface area is 135 Å². The number of hydrogen-bond donors (Lipinski definition) is 0. The zero-order valence-corrected chi connectivity index (χ0v) is 12.9. The number of carbonyl (C=O) groups is 2. The molecule has 0 atom stereocenters. The van der Waals surface area contributed by atoms with Gasteiger partial charge in [0.1, 0.15) is 17.5 Å². The number of benzene rings is 1. The first-order valence-electron chi connectivity index (χ1n) is 6.39. The van der Waals surface area contributed by atoms with Crippen molar-refractivity contribution in [2.75, 3.05) is 19.8 Å². The van der Waals surface area contributed by atoms with Crippen molar-refractivity contribution in [3.63, 3.8) is 0 Å². The van der Waals surface area contributed by atoms with Crippen LogP contribution in [0.25, 0.3) is 6.08 Å². The van der Waals surface area contributed by atoms with E-state index in [9.17, 15) is 14.7 Å². The van der Waals surface area contributed by atoms with E-state index in [1.807, 2.05) is 0 Å². The Morgan fingerprint density at radius 1 is 1.36 bits per heavy atom. The molecular formula is C14H10NO5S2-. The second-order valence-electron chi connectivity index (χ2n) is 4.54. The summed E-state index contributed by atoms with van der Waals surface area (Å²) in [4.78, 5) is 24.2. The molecule has 3 rings (SSSR count). The van der Waals surface area contributed by atoms with Gasteiger partial charge in [-0.15, -0.1) is 0 Å². The molecule has 8 heteroatoms. The van der Waals surface area contributed by atoms with E-state index >= 15 is 0 Å². The topological polar surface area (TPSA) is 78.9 Å². The first kappa shape index (κ1) is 14.9. The van der Waals surface area contributed by atoms with Gasteiger partial charge in [-0.3, -0.25) is 9.69 Å². The Morgan fingerprint density at radius 3 is 2.82 bits per heavy atom. The maximum Gasteiger partial charge on any atom is 0.266 e. The molecule has 6 nitrogen and oxygen atoms in total. The first-order valence-corrected chi connectivity index (χ1v) is 7.62. The lowest BCUT2D eigenvalue weighted by Gasteiger charge is -2.18. The Bertz CT molecular complexity index is 700. The fourth-order valence-corrected chi connectivity index (χ4v) is 3.32. The second-order valence-corrected chi connectivity index (χ2v) is 6.22. The molecule has 0 saturated carbocycles. The van der Waals surface area contributed by atoms with Gasteiger partial charge in [0.15, 0.2) is 11.5 Å².